The van der Waals surface area contributed by atoms with Crippen molar-refractivity contribution in [1.29, 1.82) is 5.26 Å². The molecule has 9 heteroatoms. The number of hydrogen-bond acceptors (Lipinski definition) is 9. The highest BCUT2D eigenvalue weighted by atomic mass is 16.5. The molecule has 0 radical (unpaired) electrons. The van der Waals surface area contributed by atoms with Gasteiger partial charge in [-0.1, -0.05) is 35.5 Å². The van der Waals surface area contributed by atoms with Crippen molar-refractivity contribution in [2.24, 2.45) is 0 Å². The van der Waals surface area contributed by atoms with E-state index in [4.69, 9.17) is 8.94 Å². The number of anilines is 1. The van der Waals surface area contributed by atoms with Gasteiger partial charge >= 0.3 is 0 Å². The van der Waals surface area contributed by atoms with E-state index in [0.29, 0.717) is 35.3 Å². The predicted molar refractivity (Wildman–Crippen MR) is 116 cm³/mol. The first-order chi connectivity index (χ1) is 15.7. The van der Waals surface area contributed by atoms with Crippen molar-refractivity contribution in [2.75, 3.05) is 31.1 Å². The maximum absolute atomic E-state index is 9.32. The van der Waals surface area contributed by atoms with Gasteiger partial charge in [0.25, 0.3) is 5.89 Å². The lowest BCUT2D eigenvalue weighted by Gasteiger charge is -2.34. The maximum atomic E-state index is 9.32. The Morgan fingerprint density at radius 3 is 2.62 bits per heavy atom. The van der Waals surface area contributed by atoms with E-state index >= 15 is 0 Å². The molecular formula is C23H21N7O2. The van der Waals surface area contributed by atoms with E-state index in [9.17, 15) is 5.26 Å². The van der Waals surface area contributed by atoms with Crippen molar-refractivity contribution in [1.82, 2.24) is 25.2 Å². The van der Waals surface area contributed by atoms with E-state index in [1.54, 1.807) is 18.3 Å². The molecule has 9 nitrogen and oxygen atoms in total. The third-order valence-electron chi connectivity index (χ3n) is 5.53. The second kappa shape index (κ2) is 8.61. The van der Waals surface area contributed by atoms with Crippen LogP contribution >= 0.6 is 0 Å². The van der Waals surface area contributed by atoms with Gasteiger partial charge in [-0.25, -0.2) is 4.98 Å². The Morgan fingerprint density at radius 1 is 1.03 bits per heavy atom. The zero-order valence-electron chi connectivity index (χ0n) is 17.6. The van der Waals surface area contributed by atoms with Gasteiger partial charge in [0, 0.05) is 37.9 Å². The highest BCUT2D eigenvalue weighted by Gasteiger charge is 2.24. The number of aromatic nitrogens is 4. The summed E-state index contributed by atoms with van der Waals surface area (Å²) in [5.41, 5.74) is 2.94. The third kappa shape index (κ3) is 3.84. The smallest absolute Gasteiger partial charge is 0.253 e. The molecule has 0 spiro atoms. The van der Waals surface area contributed by atoms with Crippen LogP contribution in [0.4, 0.5) is 5.82 Å². The molecule has 0 amide bonds. The Kier molecular flexibility index (Phi) is 5.35. The molecular weight excluding hydrogens is 406 g/mol. The SMILES string of the molecule is Cc1onc(-c2ccccc2)c1-c1nnc(CN2CCN(c3ncccc3C#N)CC2)o1. The van der Waals surface area contributed by atoms with Crippen molar-refractivity contribution < 1.29 is 8.94 Å². The van der Waals surface area contributed by atoms with Gasteiger partial charge in [0.1, 0.15) is 28.9 Å². The molecule has 160 valence electrons. The van der Waals surface area contributed by atoms with E-state index in [2.05, 4.69) is 36.2 Å². The number of aryl methyl sites for hydroxylation is 1. The summed E-state index contributed by atoms with van der Waals surface area (Å²) in [6.45, 7) is 5.55. The molecule has 0 aliphatic carbocycles. The van der Waals surface area contributed by atoms with Crippen LogP contribution < -0.4 is 4.90 Å². The van der Waals surface area contributed by atoms with E-state index in [-0.39, 0.29) is 0 Å². The summed E-state index contributed by atoms with van der Waals surface area (Å²) in [4.78, 5) is 8.78. The minimum absolute atomic E-state index is 0.406. The first kappa shape index (κ1) is 19.9. The Labute approximate surface area is 184 Å². The van der Waals surface area contributed by atoms with E-state index < -0.39 is 0 Å². The van der Waals surface area contributed by atoms with Crippen molar-refractivity contribution in [3.8, 4) is 28.8 Å². The van der Waals surface area contributed by atoms with Crippen LogP contribution in [0.15, 0.2) is 57.6 Å². The molecule has 0 unspecified atom stereocenters. The molecule has 1 aliphatic rings. The fraction of sp³-hybridized carbons (Fsp3) is 0.261. The van der Waals surface area contributed by atoms with Crippen molar-refractivity contribution in [3.63, 3.8) is 0 Å². The highest BCUT2D eigenvalue weighted by molar-refractivity contribution is 5.77. The lowest BCUT2D eigenvalue weighted by molar-refractivity contribution is 0.226. The average Bonchev–Trinajstić information content (AvgIpc) is 3.46. The zero-order chi connectivity index (χ0) is 21.9. The number of pyridine rings is 1. The Balaban J connectivity index is 1.28. The van der Waals surface area contributed by atoms with Crippen LogP contribution in [-0.4, -0.2) is 51.4 Å². The van der Waals surface area contributed by atoms with Gasteiger partial charge in [0.05, 0.1) is 12.1 Å². The highest BCUT2D eigenvalue weighted by Crippen LogP contribution is 2.33. The second-order valence-corrected chi connectivity index (χ2v) is 7.58. The number of rotatable bonds is 5. The molecule has 1 saturated heterocycles. The molecule has 0 N–H and O–H groups in total. The Hall–Kier alpha value is -4.03. The topological polar surface area (TPSA) is 108 Å². The third-order valence-corrected chi connectivity index (χ3v) is 5.53. The van der Waals surface area contributed by atoms with Gasteiger partial charge in [-0.05, 0) is 19.1 Å². The predicted octanol–water partition coefficient (Wildman–Crippen LogP) is 3.29. The van der Waals surface area contributed by atoms with Crippen LogP contribution in [0.2, 0.25) is 0 Å². The summed E-state index contributed by atoms with van der Waals surface area (Å²) in [7, 11) is 0. The summed E-state index contributed by atoms with van der Waals surface area (Å²) in [6, 6.07) is 15.6. The summed E-state index contributed by atoms with van der Waals surface area (Å²) in [6.07, 6.45) is 1.72. The summed E-state index contributed by atoms with van der Waals surface area (Å²) in [5, 5.41) is 22.0. The van der Waals surface area contributed by atoms with Gasteiger partial charge in [0.15, 0.2) is 0 Å². The molecule has 1 aromatic carbocycles. The summed E-state index contributed by atoms with van der Waals surface area (Å²) >= 11 is 0. The zero-order valence-corrected chi connectivity index (χ0v) is 17.6. The maximum Gasteiger partial charge on any atom is 0.253 e. The Morgan fingerprint density at radius 2 is 1.84 bits per heavy atom. The first-order valence-corrected chi connectivity index (χ1v) is 10.4. The molecule has 0 atom stereocenters. The normalized spacial score (nSPS) is 14.4. The number of hydrogen-bond donors (Lipinski definition) is 0. The number of nitrogens with zero attached hydrogens (tertiary/aromatic N) is 7. The van der Waals surface area contributed by atoms with Crippen LogP contribution in [-0.2, 0) is 6.54 Å². The molecule has 32 heavy (non-hydrogen) atoms. The lowest BCUT2D eigenvalue weighted by atomic mass is 10.1. The second-order valence-electron chi connectivity index (χ2n) is 7.58. The largest absolute Gasteiger partial charge is 0.419 e. The van der Waals surface area contributed by atoms with Crippen LogP contribution in [0.5, 0.6) is 0 Å². The molecule has 0 bridgehead atoms. The average molecular weight is 427 g/mol. The number of piperazine rings is 1. The Bertz CT molecular complexity index is 1250. The summed E-state index contributed by atoms with van der Waals surface area (Å²) < 4.78 is 11.4. The van der Waals surface area contributed by atoms with Crippen molar-refractivity contribution in [2.45, 2.75) is 13.5 Å². The molecule has 3 aromatic heterocycles. The fourth-order valence-corrected chi connectivity index (χ4v) is 3.88. The number of nitriles is 1. The van der Waals surface area contributed by atoms with E-state index in [1.165, 1.54) is 0 Å². The lowest BCUT2D eigenvalue weighted by Crippen LogP contribution is -2.46. The standard InChI is InChI=1S/C23H21N7O2/c1-16-20(21(28-32-16)17-6-3-2-4-7-17)23-27-26-19(31-23)15-29-10-12-30(13-11-29)22-18(14-24)8-5-9-25-22/h2-9H,10-13,15H2,1H3. The number of benzene rings is 1. The van der Waals surface area contributed by atoms with E-state index in [0.717, 1.165) is 43.1 Å². The molecule has 4 aromatic rings. The molecule has 1 aliphatic heterocycles. The molecule has 1 fully saturated rings. The van der Waals surface area contributed by atoms with Gasteiger partial charge < -0.3 is 13.8 Å². The van der Waals surface area contributed by atoms with Gasteiger partial charge in [-0.2, -0.15) is 5.26 Å². The van der Waals surface area contributed by atoms with Crippen molar-refractivity contribution in [3.05, 3.63) is 65.9 Å². The van der Waals surface area contributed by atoms with E-state index in [1.807, 2.05) is 37.3 Å². The summed E-state index contributed by atoms with van der Waals surface area (Å²) in [5.74, 6) is 2.33. The minimum atomic E-state index is 0.406. The van der Waals surface area contributed by atoms with Gasteiger partial charge in [0.2, 0.25) is 5.89 Å². The molecule has 5 rings (SSSR count). The molecule has 4 heterocycles. The van der Waals surface area contributed by atoms with Crippen molar-refractivity contribution >= 4 is 5.82 Å². The van der Waals surface area contributed by atoms with Gasteiger partial charge in [-0.3, -0.25) is 4.90 Å². The monoisotopic (exact) mass is 427 g/mol. The van der Waals surface area contributed by atoms with Crippen LogP contribution in [0.1, 0.15) is 17.2 Å². The van der Waals surface area contributed by atoms with Crippen LogP contribution in [0.25, 0.3) is 22.7 Å². The van der Waals surface area contributed by atoms with Gasteiger partial charge in [-0.15, -0.1) is 10.2 Å². The minimum Gasteiger partial charge on any atom is -0.419 e. The van der Waals surface area contributed by atoms with Crippen LogP contribution in [0.3, 0.4) is 0 Å². The first-order valence-electron chi connectivity index (χ1n) is 10.4. The fourth-order valence-electron chi connectivity index (χ4n) is 3.88. The van der Waals surface area contributed by atoms with Crippen LogP contribution in [0, 0.1) is 18.3 Å². The quantitative estimate of drug-likeness (QED) is 0.474. The molecule has 0 saturated carbocycles.